The molecule has 1 heterocycles. The van der Waals surface area contributed by atoms with Crippen LogP contribution in [0.3, 0.4) is 0 Å². The van der Waals surface area contributed by atoms with E-state index in [1.54, 1.807) is 0 Å². The summed E-state index contributed by atoms with van der Waals surface area (Å²) in [5.41, 5.74) is 0. The molecule has 1 saturated heterocycles. The van der Waals surface area contributed by atoms with E-state index in [9.17, 15) is 5.11 Å². The standard InChI is InChI=1S/C9H20N2O/c1-3-9(12)7-11-5-4-10-6-8(11)2/h8-10,12H,3-7H2,1-2H3. The molecule has 1 aliphatic rings. The monoisotopic (exact) mass is 172 g/mol. The summed E-state index contributed by atoms with van der Waals surface area (Å²) < 4.78 is 0. The van der Waals surface area contributed by atoms with Gasteiger partial charge in [0.15, 0.2) is 0 Å². The lowest BCUT2D eigenvalue weighted by Gasteiger charge is -2.34. The smallest absolute Gasteiger partial charge is 0.0664 e. The Morgan fingerprint density at radius 3 is 3.00 bits per heavy atom. The molecule has 0 saturated carbocycles. The second-order valence-electron chi connectivity index (χ2n) is 3.61. The molecule has 0 aromatic heterocycles. The SMILES string of the molecule is CCC(O)CN1CCNCC1C. The summed E-state index contributed by atoms with van der Waals surface area (Å²) in [4.78, 5) is 2.35. The van der Waals surface area contributed by atoms with Gasteiger partial charge in [-0.2, -0.15) is 0 Å². The first-order valence-electron chi connectivity index (χ1n) is 4.87. The van der Waals surface area contributed by atoms with E-state index in [0.29, 0.717) is 6.04 Å². The highest BCUT2D eigenvalue weighted by Gasteiger charge is 2.19. The minimum Gasteiger partial charge on any atom is -0.392 e. The maximum atomic E-state index is 9.47. The number of hydrogen-bond donors (Lipinski definition) is 2. The van der Waals surface area contributed by atoms with Crippen LogP contribution < -0.4 is 5.32 Å². The number of rotatable bonds is 3. The van der Waals surface area contributed by atoms with Gasteiger partial charge in [0.1, 0.15) is 0 Å². The van der Waals surface area contributed by atoms with Crippen molar-refractivity contribution in [2.24, 2.45) is 0 Å². The summed E-state index contributed by atoms with van der Waals surface area (Å²) in [6, 6.07) is 0.569. The van der Waals surface area contributed by atoms with E-state index >= 15 is 0 Å². The number of piperazine rings is 1. The third kappa shape index (κ3) is 2.73. The number of aliphatic hydroxyl groups is 1. The van der Waals surface area contributed by atoms with Crippen LogP contribution in [0, 0.1) is 0 Å². The Kier molecular flexibility index (Phi) is 3.98. The molecule has 12 heavy (non-hydrogen) atoms. The van der Waals surface area contributed by atoms with Crippen molar-refractivity contribution in [2.75, 3.05) is 26.2 Å². The maximum absolute atomic E-state index is 9.47. The molecule has 1 rings (SSSR count). The topological polar surface area (TPSA) is 35.5 Å². The lowest BCUT2D eigenvalue weighted by atomic mass is 10.2. The maximum Gasteiger partial charge on any atom is 0.0664 e. The van der Waals surface area contributed by atoms with Crippen LogP contribution in [0.2, 0.25) is 0 Å². The van der Waals surface area contributed by atoms with Gasteiger partial charge >= 0.3 is 0 Å². The van der Waals surface area contributed by atoms with Crippen molar-refractivity contribution in [3.8, 4) is 0 Å². The van der Waals surface area contributed by atoms with E-state index in [2.05, 4.69) is 17.1 Å². The molecule has 72 valence electrons. The zero-order chi connectivity index (χ0) is 8.97. The van der Waals surface area contributed by atoms with Crippen LogP contribution in [-0.4, -0.2) is 48.3 Å². The van der Waals surface area contributed by atoms with Gasteiger partial charge in [0, 0.05) is 32.2 Å². The summed E-state index contributed by atoms with van der Waals surface area (Å²) >= 11 is 0. The fraction of sp³-hybridized carbons (Fsp3) is 1.00. The van der Waals surface area contributed by atoms with Crippen molar-refractivity contribution in [2.45, 2.75) is 32.4 Å². The van der Waals surface area contributed by atoms with Gasteiger partial charge in [-0.1, -0.05) is 6.92 Å². The first-order chi connectivity index (χ1) is 5.74. The van der Waals surface area contributed by atoms with Crippen LogP contribution in [0.15, 0.2) is 0 Å². The molecule has 2 atom stereocenters. The summed E-state index contributed by atoms with van der Waals surface area (Å²) in [5.74, 6) is 0. The van der Waals surface area contributed by atoms with E-state index in [4.69, 9.17) is 0 Å². The summed E-state index contributed by atoms with van der Waals surface area (Å²) in [5, 5.41) is 12.8. The quantitative estimate of drug-likeness (QED) is 0.631. The molecule has 0 spiro atoms. The van der Waals surface area contributed by atoms with Gasteiger partial charge in [0.2, 0.25) is 0 Å². The van der Waals surface area contributed by atoms with E-state index < -0.39 is 0 Å². The number of aliphatic hydroxyl groups excluding tert-OH is 1. The van der Waals surface area contributed by atoms with Gasteiger partial charge < -0.3 is 10.4 Å². The summed E-state index contributed by atoms with van der Waals surface area (Å²) in [6.45, 7) is 8.24. The van der Waals surface area contributed by atoms with Crippen molar-refractivity contribution in [3.63, 3.8) is 0 Å². The van der Waals surface area contributed by atoms with Gasteiger partial charge in [-0.15, -0.1) is 0 Å². The van der Waals surface area contributed by atoms with Crippen molar-refractivity contribution in [1.82, 2.24) is 10.2 Å². The molecule has 0 aliphatic carbocycles. The molecule has 0 amide bonds. The molecule has 3 heteroatoms. The zero-order valence-corrected chi connectivity index (χ0v) is 8.08. The minimum atomic E-state index is -0.148. The van der Waals surface area contributed by atoms with Crippen molar-refractivity contribution in [3.05, 3.63) is 0 Å². The average Bonchev–Trinajstić information content (AvgIpc) is 2.09. The Morgan fingerprint density at radius 1 is 1.67 bits per heavy atom. The van der Waals surface area contributed by atoms with Gasteiger partial charge in [-0.25, -0.2) is 0 Å². The molecular weight excluding hydrogens is 152 g/mol. The van der Waals surface area contributed by atoms with Crippen LogP contribution in [0.5, 0.6) is 0 Å². The first kappa shape index (κ1) is 9.96. The Labute approximate surface area is 74.8 Å². The summed E-state index contributed by atoms with van der Waals surface area (Å²) in [7, 11) is 0. The largest absolute Gasteiger partial charge is 0.392 e. The van der Waals surface area contributed by atoms with Gasteiger partial charge in [-0.05, 0) is 13.3 Å². The molecule has 1 fully saturated rings. The van der Waals surface area contributed by atoms with Crippen LogP contribution in [0.4, 0.5) is 0 Å². The highest BCUT2D eigenvalue weighted by Crippen LogP contribution is 2.04. The molecule has 0 aromatic rings. The molecular formula is C9H20N2O. The van der Waals surface area contributed by atoms with Crippen molar-refractivity contribution < 1.29 is 5.11 Å². The van der Waals surface area contributed by atoms with Crippen LogP contribution in [-0.2, 0) is 0 Å². The Morgan fingerprint density at radius 2 is 2.42 bits per heavy atom. The molecule has 2 unspecified atom stereocenters. The molecule has 0 radical (unpaired) electrons. The molecule has 0 bridgehead atoms. The van der Waals surface area contributed by atoms with Crippen molar-refractivity contribution in [1.29, 1.82) is 0 Å². The van der Waals surface area contributed by atoms with E-state index in [1.807, 2.05) is 6.92 Å². The number of β-amino-alcohol motifs (C(OH)–C–C–N with tert-alkyl or cyclic N) is 1. The number of hydrogen-bond acceptors (Lipinski definition) is 3. The molecule has 3 nitrogen and oxygen atoms in total. The second kappa shape index (κ2) is 4.80. The predicted molar refractivity (Wildman–Crippen MR) is 50.2 cm³/mol. The van der Waals surface area contributed by atoms with Crippen LogP contribution in [0.25, 0.3) is 0 Å². The molecule has 1 aliphatic heterocycles. The normalized spacial score (nSPS) is 28.8. The fourth-order valence-electron chi connectivity index (χ4n) is 1.55. The van der Waals surface area contributed by atoms with Crippen LogP contribution >= 0.6 is 0 Å². The second-order valence-corrected chi connectivity index (χ2v) is 3.61. The van der Waals surface area contributed by atoms with Gasteiger partial charge in [0.05, 0.1) is 6.10 Å². The zero-order valence-electron chi connectivity index (χ0n) is 8.08. The van der Waals surface area contributed by atoms with Gasteiger partial charge in [0.25, 0.3) is 0 Å². The average molecular weight is 172 g/mol. The first-order valence-corrected chi connectivity index (χ1v) is 4.87. The fourth-order valence-corrected chi connectivity index (χ4v) is 1.55. The Balaban J connectivity index is 2.28. The highest BCUT2D eigenvalue weighted by molar-refractivity contribution is 4.77. The number of nitrogens with zero attached hydrogens (tertiary/aromatic N) is 1. The molecule has 0 aromatic carbocycles. The predicted octanol–water partition coefficient (Wildman–Crippen LogP) is 0.0510. The summed E-state index contributed by atoms with van der Waals surface area (Å²) in [6.07, 6.45) is 0.710. The Hall–Kier alpha value is -0.120. The van der Waals surface area contributed by atoms with E-state index in [0.717, 1.165) is 32.6 Å². The Bertz CT molecular complexity index is 130. The van der Waals surface area contributed by atoms with Crippen molar-refractivity contribution >= 4 is 0 Å². The third-order valence-corrected chi connectivity index (χ3v) is 2.56. The lowest BCUT2D eigenvalue weighted by molar-refractivity contribution is 0.0772. The van der Waals surface area contributed by atoms with Crippen LogP contribution in [0.1, 0.15) is 20.3 Å². The lowest BCUT2D eigenvalue weighted by Crippen LogP contribution is -2.51. The minimum absolute atomic E-state index is 0.148. The highest BCUT2D eigenvalue weighted by atomic mass is 16.3. The van der Waals surface area contributed by atoms with E-state index in [1.165, 1.54) is 0 Å². The van der Waals surface area contributed by atoms with E-state index in [-0.39, 0.29) is 6.10 Å². The molecule has 2 N–H and O–H groups in total. The third-order valence-electron chi connectivity index (χ3n) is 2.56. The van der Waals surface area contributed by atoms with Gasteiger partial charge in [-0.3, -0.25) is 4.90 Å². The number of nitrogens with one attached hydrogen (secondary N) is 1.